The molecular formula is C19H17FN6O. The number of benzene rings is 2. The van der Waals surface area contributed by atoms with Gasteiger partial charge in [-0.3, -0.25) is 4.79 Å². The van der Waals surface area contributed by atoms with Crippen LogP contribution in [0.15, 0.2) is 60.9 Å². The predicted molar refractivity (Wildman–Crippen MR) is 97.1 cm³/mol. The van der Waals surface area contributed by atoms with Gasteiger partial charge in [-0.2, -0.15) is 0 Å². The van der Waals surface area contributed by atoms with Crippen LogP contribution in [0.1, 0.15) is 17.4 Å². The first-order chi connectivity index (χ1) is 13.1. The van der Waals surface area contributed by atoms with Crippen LogP contribution in [0.3, 0.4) is 0 Å². The molecule has 1 N–H and O–H groups in total. The molecule has 27 heavy (non-hydrogen) atoms. The summed E-state index contributed by atoms with van der Waals surface area (Å²) in [5, 5.41) is 11.0. The summed E-state index contributed by atoms with van der Waals surface area (Å²) in [5.74, 6) is -0.0384. The molecule has 136 valence electrons. The van der Waals surface area contributed by atoms with Crippen molar-refractivity contribution < 1.29 is 9.18 Å². The van der Waals surface area contributed by atoms with Gasteiger partial charge in [0.25, 0.3) is 0 Å². The molecule has 7 nitrogen and oxygen atoms in total. The first kappa shape index (κ1) is 16.9. The van der Waals surface area contributed by atoms with E-state index in [4.69, 9.17) is 0 Å². The van der Waals surface area contributed by atoms with Crippen molar-refractivity contribution in [3.05, 3.63) is 78.1 Å². The SMILES string of the molecule is Cn1ccnc1[C@@H](NC(=O)Cn1nnc2ccccc21)c1cccc(F)c1. The van der Waals surface area contributed by atoms with Gasteiger partial charge in [0.1, 0.15) is 29.7 Å². The molecule has 0 aliphatic rings. The van der Waals surface area contributed by atoms with Crippen LogP contribution in [-0.4, -0.2) is 30.5 Å². The summed E-state index contributed by atoms with van der Waals surface area (Å²) < 4.78 is 17.1. The molecule has 0 saturated heterocycles. The van der Waals surface area contributed by atoms with Crippen LogP contribution in [0, 0.1) is 5.82 Å². The Hall–Kier alpha value is -3.55. The van der Waals surface area contributed by atoms with E-state index in [1.807, 2.05) is 31.3 Å². The van der Waals surface area contributed by atoms with Crippen molar-refractivity contribution in [2.24, 2.45) is 7.05 Å². The summed E-state index contributed by atoms with van der Waals surface area (Å²) in [4.78, 5) is 17.0. The van der Waals surface area contributed by atoms with Gasteiger partial charge in [0.15, 0.2) is 0 Å². The summed E-state index contributed by atoms with van der Waals surface area (Å²) in [7, 11) is 1.83. The van der Waals surface area contributed by atoms with E-state index in [9.17, 15) is 9.18 Å². The molecule has 0 radical (unpaired) electrons. The number of amides is 1. The fourth-order valence-electron chi connectivity index (χ4n) is 3.02. The minimum atomic E-state index is -0.581. The quantitative estimate of drug-likeness (QED) is 0.589. The third kappa shape index (κ3) is 3.41. The molecule has 8 heteroatoms. The number of aryl methyl sites for hydroxylation is 1. The van der Waals surface area contributed by atoms with Gasteiger partial charge in [-0.05, 0) is 29.8 Å². The Morgan fingerprint density at radius 2 is 2.07 bits per heavy atom. The second-order valence-electron chi connectivity index (χ2n) is 6.19. The first-order valence-electron chi connectivity index (χ1n) is 8.42. The Balaban J connectivity index is 1.61. The summed E-state index contributed by atoms with van der Waals surface area (Å²) in [5.41, 5.74) is 2.10. The minimum absolute atomic E-state index is 0.00322. The molecule has 1 atom stereocenters. The van der Waals surface area contributed by atoms with Crippen molar-refractivity contribution in [2.45, 2.75) is 12.6 Å². The zero-order chi connectivity index (χ0) is 18.8. The van der Waals surface area contributed by atoms with E-state index in [0.717, 1.165) is 11.0 Å². The summed E-state index contributed by atoms with van der Waals surface area (Å²) in [6.45, 7) is -0.00322. The van der Waals surface area contributed by atoms with Crippen LogP contribution < -0.4 is 5.32 Å². The largest absolute Gasteiger partial charge is 0.340 e. The third-order valence-corrected chi connectivity index (χ3v) is 4.32. The van der Waals surface area contributed by atoms with Gasteiger partial charge < -0.3 is 9.88 Å². The Kier molecular flexibility index (Phi) is 4.37. The maximum Gasteiger partial charge on any atom is 0.242 e. The highest BCUT2D eigenvalue weighted by molar-refractivity contribution is 5.80. The normalized spacial score (nSPS) is 12.2. The van der Waals surface area contributed by atoms with Gasteiger partial charge in [-0.1, -0.05) is 29.5 Å². The first-order valence-corrected chi connectivity index (χ1v) is 8.42. The Morgan fingerprint density at radius 3 is 2.85 bits per heavy atom. The highest BCUT2D eigenvalue weighted by atomic mass is 19.1. The lowest BCUT2D eigenvalue weighted by Gasteiger charge is -2.19. The second kappa shape index (κ2) is 6.99. The summed E-state index contributed by atoms with van der Waals surface area (Å²) in [6, 6.07) is 13.0. The number of rotatable bonds is 5. The average molecular weight is 364 g/mol. The molecule has 0 unspecified atom stereocenters. The molecule has 1 amide bonds. The average Bonchev–Trinajstić information content (AvgIpc) is 3.26. The fraction of sp³-hybridized carbons (Fsp3) is 0.158. The molecule has 2 aromatic heterocycles. The van der Waals surface area contributed by atoms with Crippen molar-refractivity contribution in [3.8, 4) is 0 Å². The molecule has 0 fully saturated rings. The smallest absolute Gasteiger partial charge is 0.242 e. The highest BCUT2D eigenvalue weighted by Gasteiger charge is 2.22. The molecule has 0 spiro atoms. The standard InChI is InChI=1S/C19H17FN6O/c1-25-10-9-21-19(25)18(13-5-4-6-14(20)11-13)22-17(27)12-26-16-8-3-2-7-15(16)23-24-26/h2-11,18H,12H2,1H3,(H,22,27)/t18-/m0/s1. The maximum absolute atomic E-state index is 13.7. The summed E-state index contributed by atoms with van der Waals surface area (Å²) in [6.07, 6.45) is 3.41. The number of hydrogen-bond donors (Lipinski definition) is 1. The van der Waals surface area contributed by atoms with Crippen molar-refractivity contribution in [2.75, 3.05) is 0 Å². The van der Waals surface area contributed by atoms with Crippen LogP contribution in [-0.2, 0) is 18.4 Å². The minimum Gasteiger partial charge on any atom is -0.340 e. The fourth-order valence-corrected chi connectivity index (χ4v) is 3.02. The van der Waals surface area contributed by atoms with Crippen LogP contribution >= 0.6 is 0 Å². The van der Waals surface area contributed by atoms with Crippen molar-refractivity contribution >= 4 is 16.9 Å². The Morgan fingerprint density at radius 1 is 1.22 bits per heavy atom. The van der Waals surface area contributed by atoms with Gasteiger partial charge in [0.05, 0.1) is 5.52 Å². The Bertz CT molecular complexity index is 1100. The lowest BCUT2D eigenvalue weighted by molar-refractivity contribution is -0.122. The number of fused-ring (bicyclic) bond motifs is 1. The number of para-hydroxylation sites is 1. The maximum atomic E-state index is 13.7. The van der Waals surface area contributed by atoms with Gasteiger partial charge in [0.2, 0.25) is 5.91 Å². The number of halogens is 1. The van der Waals surface area contributed by atoms with Crippen molar-refractivity contribution in [3.63, 3.8) is 0 Å². The molecule has 2 heterocycles. The zero-order valence-electron chi connectivity index (χ0n) is 14.6. The van der Waals surface area contributed by atoms with Crippen LogP contribution in [0.5, 0.6) is 0 Å². The number of carbonyl (C=O) groups excluding carboxylic acids is 1. The van der Waals surface area contributed by atoms with Gasteiger partial charge in [-0.25, -0.2) is 14.1 Å². The molecule has 2 aromatic carbocycles. The van der Waals surface area contributed by atoms with Crippen LogP contribution in [0.2, 0.25) is 0 Å². The van der Waals surface area contributed by atoms with Crippen molar-refractivity contribution in [1.29, 1.82) is 0 Å². The predicted octanol–water partition coefficient (Wildman–Crippen LogP) is 2.21. The molecule has 4 aromatic rings. The lowest BCUT2D eigenvalue weighted by atomic mass is 10.1. The lowest BCUT2D eigenvalue weighted by Crippen LogP contribution is -2.34. The van der Waals surface area contributed by atoms with E-state index < -0.39 is 6.04 Å². The van der Waals surface area contributed by atoms with E-state index >= 15 is 0 Å². The number of aromatic nitrogens is 5. The molecule has 0 bridgehead atoms. The number of hydrogen-bond acceptors (Lipinski definition) is 4. The van der Waals surface area contributed by atoms with E-state index in [1.165, 1.54) is 16.8 Å². The number of imidazole rings is 1. The van der Waals surface area contributed by atoms with Crippen molar-refractivity contribution in [1.82, 2.24) is 29.9 Å². The molecular weight excluding hydrogens is 347 g/mol. The van der Waals surface area contributed by atoms with E-state index in [-0.39, 0.29) is 18.3 Å². The molecule has 0 saturated carbocycles. The monoisotopic (exact) mass is 364 g/mol. The van der Waals surface area contributed by atoms with E-state index in [2.05, 4.69) is 20.6 Å². The number of nitrogens with one attached hydrogen (secondary N) is 1. The molecule has 0 aliphatic carbocycles. The topological polar surface area (TPSA) is 77.6 Å². The number of carbonyl (C=O) groups is 1. The van der Waals surface area contributed by atoms with Gasteiger partial charge >= 0.3 is 0 Å². The molecule has 0 aliphatic heterocycles. The second-order valence-corrected chi connectivity index (χ2v) is 6.19. The molecule has 4 rings (SSSR count). The zero-order valence-corrected chi connectivity index (χ0v) is 14.6. The van der Waals surface area contributed by atoms with E-state index in [0.29, 0.717) is 11.4 Å². The van der Waals surface area contributed by atoms with Gasteiger partial charge in [0, 0.05) is 19.4 Å². The van der Waals surface area contributed by atoms with Crippen LogP contribution in [0.25, 0.3) is 11.0 Å². The highest BCUT2D eigenvalue weighted by Crippen LogP contribution is 2.21. The Labute approximate surface area is 154 Å². The van der Waals surface area contributed by atoms with Gasteiger partial charge in [-0.15, -0.1) is 5.10 Å². The number of nitrogens with zero attached hydrogens (tertiary/aromatic N) is 5. The van der Waals surface area contributed by atoms with E-state index in [1.54, 1.807) is 29.1 Å². The summed E-state index contributed by atoms with van der Waals surface area (Å²) >= 11 is 0. The van der Waals surface area contributed by atoms with Crippen LogP contribution in [0.4, 0.5) is 4.39 Å². The third-order valence-electron chi connectivity index (χ3n) is 4.32.